The molecule has 0 unspecified atom stereocenters. The Bertz CT molecular complexity index is 477. The van der Waals surface area contributed by atoms with Gasteiger partial charge in [0.25, 0.3) is 5.91 Å². The highest BCUT2D eigenvalue weighted by Crippen LogP contribution is 2.29. The maximum atomic E-state index is 12.5. The lowest BCUT2D eigenvalue weighted by Crippen LogP contribution is -2.44. The molecule has 2 rings (SSSR count). The molecule has 150 valence electrons. The van der Waals surface area contributed by atoms with E-state index in [1.54, 1.807) is 11.9 Å². The monoisotopic (exact) mass is 368 g/mol. The summed E-state index contributed by atoms with van der Waals surface area (Å²) in [5.41, 5.74) is -0.463. The van der Waals surface area contributed by atoms with Crippen LogP contribution in [-0.4, -0.2) is 66.8 Å². The van der Waals surface area contributed by atoms with Gasteiger partial charge in [-0.15, -0.1) is 0 Å². The Hall–Kier alpha value is -1.30. The molecule has 1 heterocycles. The van der Waals surface area contributed by atoms with Crippen molar-refractivity contribution in [2.45, 2.75) is 71.5 Å². The van der Waals surface area contributed by atoms with Crippen molar-refractivity contribution in [2.75, 3.05) is 33.3 Å². The van der Waals surface area contributed by atoms with Crippen molar-refractivity contribution in [1.82, 2.24) is 9.80 Å². The van der Waals surface area contributed by atoms with Gasteiger partial charge in [-0.1, -0.05) is 0 Å². The van der Waals surface area contributed by atoms with Gasteiger partial charge in [-0.3, -0.25) is 4.79 Å². The molecule has 0 aromatic heterocycles. The van der Waals surface area contributed by atoms with E-state index in [9.17, 15) is 9.59 Å². The van der Waals surface area contributed by atoms with E-state index in [1.165, 1.54) is 12.8 Å². The molecule has 6 nitrogen and oxygen atoms in total. The number of carbonyl (C=O) groups excluding carboxylic acids is 2. The molecule has 0 bridgehead atoms. The van der Waals surface area contributed by atoms with Crippen LogP contribution in [0.1, 0.15) is 59.8 Å². The van der Waals surface area contributed by atoms with Gasteiger partial charge in [0.15, 0.2) is 0 Å². The van der Waals surface area contributed by atoms with E-state index in [-0.39, 0.29) is 18.1 Å². The molecule has 0 aromatic carbocycles. The molecule has 1 aliphatic heterocycles. The zero-order chi connectivity index (χ0) is 19.3. The van der Waals surface area contributed by atoms with Crippen molar-refractivity contribution in [3.8, 4) is 0 Å². The number of carbonyl (C=O) groups is 2. The fourth-order valence-electron chi connectivity index (χ4n) is 3.14. The van der Waals surface area contributed by atoms with Crippen molar-refractivity contribution in [3.63, 3.8) is 0 Å². The fraction of sp³-hybridized carbons (Fsp3) is 0.900. The SMILES string of the molecule is C[C@H](OCC1CC1)C(=O)N1CCC(CCN(C)C(=O)OC(C)(C)C)CC1. The lowest BCUT2D eigenvalue weighted by Gasteiger charge is -2.34. The average Bonchev–Trinajstić information content (AvgIpc) is 3.40. The van der Waals surface area contributed by atoms with E-state index in [4.69, 9.17) is 9.47 Å². The molecule has 26 heavy (non-hydrogen) atoms. The van der Waals surface area contributed by atoms with Crippen molar-refractivity contribution < 1.29 is 19.1 Å². The lowest BCUT2D eigenvalue weighted by atomic mass is 9.93. The molecule has 2 aliphatic rings. The Balaban J connectivity index is 1.64. The first-order chi connectivity index (χ1) is 12.2. The van der Waals surface area contributed by atoms with Crippen LogP contribution in [0, 0.1) is 11.8 Å². The first-order valence-electron chi connectivity index (χ1n) is 10.00. The zero-order valence-electron chi connectivity index (χ0n) is 17.1. The fourth-order valence-corrected chi connectivity index (χ4v) is 3.14. The van der Waals surface area contributed by atoms with Crippen molar-refractivity contribution >= 4 is 12.0 Å². The molecule has 0 N–H and O–H groups in total. The Morgan fingerprint density at radius 3 is 2.27 bits per heavy atom. The Labute approximate surface area is 158 Å². The highest BCUT2D eigenvalue weighted by Gasteiger charge is 2.29. The summed E-state index contributed by atoms with van der Waals surface area (Å²) in [6.45, 7) is 10.5. The Kier molecular flexibility index (Phi) is 7.33. The maximum absolute atomic E-state index is 12.5. The minimum atomic E-state index is -0.463. The van der Waals surface area contributed by atoms with Crippen LogP contribution in [-0.2, 0) is 14.3 Å². The number of rotatable bonds is 7. The van der Waals surface area contributed by atoms with Gasteiger partial charge in [0.2, 0.25) is 0 Å². The Morgan fingerprint density at radius 1 is 1.12 bits per heavy atom. The number of hydrogen-bond acceptors (Lipinski definition) is 4. The van der Waals surface area contributed by atoms with Crippen LogP contribution in [0.5, 0.6) is 0 Å². The van der Waals surface area contributed by atoms with Gasteiger partial charge in [0.1, 0.15) is 11.7 Å². The number of piperidine rings is 1. The number of nitrogens with zero attached hydrogens (tertiary/aromatic N) is 2. The molecule has 1 aliphatic carbocycles. The zero-order valence-corrected chi connectivity index (χ0v) is 17.1. The normalized spacial score (nSPS) is 20.0. The topological polar surface area (TPSA) is 59.1 Å². The van der Waals surface area contributed by atoms with Crippen LogP contribution in [0.3, 0.4) is 0 Å². The first-order valence-corrected chi connectivity index (χ1v) is 10.00. The van der Waals surface area contributed by atoms with Crippen LogP contribution in [0.2, 0.25) is 0 Å². The summed E-state index contributed by atoms with van der Waals surface area (Å²) in [6, 6.07) is 0. The van der Waals surface area contributed by atoms with Gasteiger partial charge >= 0.3 is 6.09 Å². The first kappa shape index (κ1) is 21.0. The summed E-state index contributed by atoms with van der Waals surface area (Å²) in [5.74, 6) is 1.35. The maximum Gasteiger partial charge on any atom is 0.410 e. The molecule has 2 amide bonds. The van der Waals surface area contributed by atoms with E-state index in [0.29, 0.717) is 18.4 Å². The van der Waals surface area contributed by atoms with Crippen LogP contribution in [0.25, 0.3) is 0 Å². The predicted molar refractivity (Wildman–Crippen MR) is 101 cm³/mol. The van der Waals surface area contributed by atoms with Gasteiger partial charge in [0, 0.05) is 26.7 Å². The van der Waals surface area contributed by atoms with E-state index < -0.39 is 5.60 Å². The Morgan fingerprint density at radius 2 is 1.73 bits per heavy atom. The van der Waals surface area contributed by atoms with E-state index in [1.807, 2.05) is 32.6 Å². The largest absolute Gasteiger partial charge is 0.444 e. The van der Waals surface area contributed by atoms with E-state index in [2.05, 4.69) is 0 Å². The molecular weight excluding hydrogens is 332 g/mol. The lowest BCUT2D eigenvalue weighted by molar-refractivity contribution is -0.144. The number of amides is 2. The number of hydrogen-bond donors (Lipinski definition) is 0. The highest BCUT2D eigenvalue weighted by molar-refractivity contribution is 5.80. The predicted octanol–water partition coefficient (Wildman–Crippen LogP) is 3.30. The third-order valence-corrected chi connectivity index (χ3v) is 5.13. The minimum Gasteiger partial charge on any atom is -0.444 e. The van der Waals surface area contributed by atoms with E-state index in [0.717, 1.165) is 39.0 Å². The van der Waals surface area contributed by atoms with Crippen LogP contribution < -0.4 is 0 Å². The number of ether oxygens (including phenoxy) is 2. The van der Waals surface area contributed by atoms with Crippen molar-refractivity contribution in [2.24, 2.45) is 11.8 Å². The van der Waals surface area contributed by atoms with Gasteiger partial charge in [-0.2, -0.15) is 0 Å². The summed E-state index contributed by atoms with van der Waals surface area (Å²) < 4.78 is 11.1. The summed E-state index contributed by atoms with van der Waals surface area (Å²) in [4.78, 5) is 28.0. The second-order valence-electron chi connectivity index (χ2n) is 8.88. The molecule has 0 radical (unpaired) electrons. The molecule has 0 spiro atoms. The summed E-state index contributed by atoms with van der Waals surface area (Å²) >= 11 is 0. The standard InChI is InChI=1S/C20H36N2O4/c1-15(25-14-17-6-7-17)18(23)22-12-9-16(10-13-22)8-11-21(5)19(24)26-20(2,3)4/h15-17H,6-14H2,1-5H3/t15-/m0/s1. The van der Waals surface area contributed by atoms with Gasteiger partial charge in [-0.25, -0.2) is 4.79 Å². The van der Waals surface area contributed by atoms with Gasteiger partial charge < -0.3 is 19.3 Å². The smallest absolute Gasteiger partial charge is 0.410 e. The second kappa shape index (κ2) is 9.07. The molecular formula is C20H36N2O4. The number of likely N-dealkylation sites (tertiary alicyclic amines) is 1. The molecule has 2 fully saturated rings. The third-order valence-electron chi connectivity index (χ3n) is 5.13. The third kappa shape index (κ3) is 7.14. The van der Waals surface area contributed by atoms with Crippen LogP contribution in [0.15, 0.2) is 0 Å². The quantitative estimate of drug-likeness (QED) is 0.692. The second-order valence-corrected chi connectivity index (χ2v) is 8.88. The van der Waals surface area contributed by atoms with Crippen LogP contribution >= 0.6 is 0 Å². The minimum absolute atomic E-state index is 0.120. The van der Waals surface area contributed by atoms with Gasteiger partial charge in [-0.05, 0) is 71.6 Å². The van der Waals surface area contributed by atoms with Crippen molar-refractivity contribution in [3.05, 3.63) is 0 Å². The molecule has 1 saturated carbocycles. The molecule has 1 atom stereocenters. The van der Waals surface area contributed by atoms with Gasteiger partial charge in [0.05, 0.1) is 6.61 Å². The highest BCUT2D eigenvalue weighted by atomic mass is 16.6. The van der Waals surface area contributed by atoms with E-state index >= 15 is 0 Å². The van der Waals surface area contributed by atoms with Crippen LogP contribution in [0.4, 0.5) is 4.79 Å². The van der Waals surface area contributed by atoms with Crippen molar-refractivity contribution in [1.29, 1.82) is 0 Å². The molecule has 1 saturated heterocycles. The summed E-state index contributed by atoms with van der Waals surface area (Å²) in [5, 5.41) is 0. The average molecular weight is 369 g/mol. The summed E-state index contributed by atoms with van der Waals surface area (Å²) in [6.07, 6.45) is 4.81. The molecule has 0 aromatic rings. The summed E-state index contributed by atoms with van der Waals surface area (Å²) in [7, 11) is 1.78. The molecule has 6 heteroatoms.